The number of piperidine rings is 1. The van der Waals surface area contributed by atoms with Crippen molar-refractivity contribution in [2.24, 2.45) is 0 Å². The second-order valence-electron chi connectivity index (χ2n) is 14.6. The van der Waals surface area contributed by atoms with E-state index in [1.54, 1.807) is 39.0 Å². The molecule has 3 fully saturated rings. The minimum atomic E-state index is -4.67. The largest absolute Gasteiger partial charge is 0.490 e. The number of alkyl halides is 2. The molecule has 1 aliphatic heterocycles. The summed E-state index contributed by atoms with van der Waals surface area (Å²) >= 11 is 6.25. The molecule has 0 radical (unpaired) electrons. The first-order chi connectivity index (χ1) is 24.1. The number of rotatable bonds is 11. The normalized spacial score (nSPS) is 18.4. The molecule has 6 rings (SSSR count). The molecule has 276 valence electrons. The number of carbonyl (C=O) groups excluding carboxylic acids is 2. The van der Waals surface area contributed by atoms with Crippen LogP contribution in [0.1, 0.15) is 77.7 Å². The molecule has 1 heterocycles. The van der Waals surface area contributed by atoms with E-state index >= 15 is 8.78 Å². The number of nitrogens with one attached hydrogen (secondary N) is 2. The van der Waals surface area contributed by atoms with E-state index in [1.807, 2.05) is 6.07 Å². The van der Waals surface area contributed by atoms with Gasteiger partial charge in [0.2, 0.25) is 15.9 Å². The molecule has 3 aromatic rings. The molecule has 2 aliphatic carbocycles. The third kappa shape index (κ3) is 9.22. The Morgan fingerprint density at radius 2 is 1.51 bits per heavy atom. The Kier molecular flexibility index (Phi) is 10.7. The van der Waals surface area contributed by atoms with Gasteiger partial charge in [0, 0.05) is 24.7 Å². The molecule has 1 atom stereocenters. The summed E-state index contributed by atoms with van der Waals surface area (Å²) in [6.07, 6.45) is 5.62. The fraction of sp³-hybridized carbons (Fsp3) is 0.514. The van der Waals surface area contributed by atoms with Gasteiger partial charge in [-0.2, -0.15) is 13.5 Å². The predicted molar refractivity (Wildman–Crippen MR) is 189 cm³/mol. The number of hydrogen-bond donors (Lipinski definition) is 2. The van der Waals surface area contributed by atoms with E-state index in [-0.39, 0.29) is 59.8 Å². The van der Waals surface area contributed by atoms with Crippen molar-refractivity contribution in [3.8, 4) is 11.5 Å². The number of sulfonamides is 1. The highest BCUT2D eigenvalue weighted by Gasteiger charge is 2.50. The number of ether oxygens (including phenoxy) is 3. The third-order valence-electron chi connectivity index (χ3n) is 9.24. The van der Waals surface area contributed by atoms with E-state index in [0.717, 1.165) is 56.0 Å². The highest BCUT2D eigenvalue weighted by molar-refractivity contribution is 7.89. The lowest BCUT2D eigenvalue weighted by Crippen LogP contribution is -2.58. The van der Waals surface area contributed by atoms with Gasteiger partial charge in [-0.05, 0) is 119 Å². The summed E-state index contributed by atoms with van der Waals surface area (Å²) in [5, 5.41) is 4.16. The lowest BCUT2D eigenvalue weighted by Gasteiger charge is -2.36. The van der Waals surface area contributed by atoms with Crippen molar-refractivity contribution in [1.29, 1.82) is 0 Å². The first-order valence-electron chi connectivity index (χ1n) is 17.4. The molecule has 2 N–H and O–H groups in total. The first-order valence-corrected chi connectivity index (χ1v) is 19.3. The van der Waals surface area contributed by atoms with Gasteiger partial charge in [0.25, 0.3) is 5.92 Å². The number of alkyl carbamates (subject to hydrolysis) is 1. The number of halogens is 3. The van der Waals surface area contributed by atoms with Gasteiger partial charge in [0.05, 0.1) is 22.1 Å². The summed E-state index contributed by atoms with van der Waals surface area (Å²) in [5.41, 5.74) is -1.34. The number of hydrogen-bond acceptors (Lipinski definition) is 7. The van der Waals surface area contributed by atoms with Crippen molar-refractivity contribution in [3.63, 3.8) is 0 Å². The highest BCUT2D eigenvalue weighted by atomic mass is 35.5. The van der Waals surface area contributed by atoms with Crippen molar-refractivity contribution < 1.29 is 41.0 Å². The highest BCUT2D eigenvalue weighted by Crippen LogP contribution is 2.40. The average Bonchev–Trinajstić information content (AvgIpc) is 3.74. The van der Waals surface area contributed by atoms with Crippen molar-refractivity contribution in [1.82, 2.24) is 14.9 Å². The molecule has 3 aliphatic rings. The quantitative estimate of drug-likeness (QED) is 0.211. The summed E-state index contributed by atoms with van der Waals surface area (Å²) in [7, 11) is -4.67. The summed E-state index contributed by atoms with van der Waals surface area (Å²) in [4.78, 5) is 27.2. The van der Waals surface area contributed by atoms with E-state index in [0.29, 0.717) is 11.1 Å². The van der Waals surface area contributed by atoms with Crippen molar-refractivity contribution >= 4 is 44.4 Å². The van der Waals surface area contributed by atoms with Crippen molar-refractivity contribution in [3.05, 3.63) is 65.2 Å². The predicted octanol–water partition coefficient (Wildman–Crippen LogP) is 7.31. The molecule has 0 bridgehead atoms. The zero-order valence-corrected chi connectivity index (χ0v) is 30.5. The first kappa shape index (κ1) is 37.1. The lowest BCUT2D eigenvalue weighted by atomic mass is 9.98. The molecule has 0 spiro atoms. The van der Waals surface area contributed by atoms with Crippen LogP contribution in [0.5, 0.6) is 11.5 Å². The topological polar surface area (TPSA) is 123 Å². The average molecular weight is 748 g/mol. The Morgan fingerprint density at radius 1 is 0.863 bits per heavy atom. The van der Waals surface area contributed by atoms with Crippen LogP contribution in [-0.4, -0.2) is 68.3 Å². The number of amides is 2. The maximum atomic E-state index is 16.6. The molecular weight excluding hydrogens is 704 g/mol. The second kappa shape index (κ2) is 14.7. The Morgan fingerprint density at radius 3 is 2.18 bits per heavy atom. The van der Waals surface area contributed by atoms with E-state index in [1.165, 1.54) is 23.1 Å². The fourth-order valence-corrected chi connectivity index (χ4v) is 7.76. The maximum absolute atomic E-state index is 16.6. The summed E-state index contributed by atoms with van der Waals surface area (Å²) in [5.74, 6) is -4.42. The molecule has 2 amide bonds. The lowest BCUT2D eigenvalue weighted by molar-refractivity contribution is -0.145. The summed E-state index contributed by atoms with van der Waals surface area (Å²) in [6.45, 7) is 5.21. The van der Waals surface area contributed by atoms with Gasteiger partial charge >= 0.3 is 6.09 Å². The van der Waals surface area contributed by atoms with Crippen LogP contribution in [0.25, 0.3) is 10.8 Å². The van der Waals surface area contributed by atoms with Gasteiger partial charge in [-0.3, -0.25) is 4.79 Å². The monoisotopic (exact) mass is 747 g/mol. The van der Waals surface area contributed by atoms with E-state index < -0.39 is 45.2 Å². The Hall–Kier alpha value is -3.68. The molecule has 1 unspecified atom stereocenters. The molecule has 14 heteroatoms. The van der Waals surface area contributed by atoms with Crippen LogP contribution in [-0.2, 0) is 25.5 Å². The van der Waals surface area contributed by atoms with Gasteiger partial charge in [-0.1, -0.05) is 29.8 Å². The van der Waals surface area contributed by atoms with Gasteiger partial charge in [-0.25, -0.2) is 13.2 Å². The number of likely N-dealkylation sites (tertiary alicyclic amines) is 1. The van der Waals surface area contributed by atoms with Gasteiger partial charge in [0.1, 0.15) is 17.1 Å². The number of carbonyl (C=O) groups is 2. The van der Waals surface area contributed by atoms with Gasteiger partial charge in [0.15, 0.2) is 6.04 Å². The van der Waals surface area contributed by atoms with Gasteiger partial charge in [-0.15, -0.1) is 0 Å². The summed E-state index contributed by atoms with van der Waals surface area (Å²) in [6, 6.07) is 10.1. The molecular formula is C37H44ClF2N3O7S. The van der Waals surface area contributed by atoms with Crippen LogP contribution >= 0.6 is 11.6 Å². The van der Waals surface area contributed by atoms with E-state index in [4.69, 9.17) is 25.8 Å². The Labute approximate surface area is 302 Å². The third-order valence-corrected chi connectivity index (χ3v) is 11.0. The van der Waals surface area contributed by atoms with Crippen LogP contribution in [0.15, 0.2) is 59.5 Å². The second-order valence-corrected chi connectivity index (χ2v) is 16.7. The molecule has 10 nitrogen and oxygen atoms in total. The van der Waals surface area contributed by atoms with Crippen LogP contribution in [0, 0.1) is 0 Å². The number of benzene rings is 3. The maximum Gasteiger partial charge on any atom is 0.407 e. The van der Waals surface area contributed by atoms with Crippen LogP contribution < -0.4 is 19.5 Å². The molecule has 3 aromatic carbocycles. The molecule has 0 aromatic heterocycles. The van der Waals surface area contributed by atoms with Crippen LogP contribution in [0.4, 0.5) is 13.6 Å². The Balaban J connectivity index is 1.25. The van der Waals surface area contributed by atoms with E-state index in [2.05, 4.69) is 10.0 Å². The number of fused-ring (bicyclic) bond motifs is 1. The minimum absolute atomic E-state index is 0.00546. The molecule has 1 saturated heterocycles. The smallest absolute Gasteiger partial charge is 0.407 e. The van der Waals surface area contributed by atoms with Crippen LogP contribution in [0.3, 0.4) is 0 Å². The van der Waals surface area contributed by atoms with Crippen molar-refractivity contribution in [2.75, 3.05) is 13.1 Å². The van der Waals surface area contributed by atoms with Gasteiger partial charge < -0.3 is 24.4 Å². The fourth-order valence-electron chi connectivity index (χ4n) is 6.38. The molecule has 2 saturated carbocycles. The Bertz CT molecular complexity index is 1870. The van der Waals surface area contributed by atoms with Crippen LogP contribution in [0.2, 0.25) is 5.02 Å². The SMILES string of the molecule is CC(C)(C)OC(=O)NC1CCN(C(=O)C(NS(=O)(=O)c2ccc3cc(OC4CCCC4)ccc3c2)C(F)(F)c2ccc(Cl)c(OC3CC3)c2)CC1. The zero-order valence-electron chi connectivity index (χ0n) is 28.9. The van der Waals surface area contributed by atoms with E-state index in [9.17, 15) is 18.0 Å². The zero-order chi connectivity index (χ0) is 36.6. The molecule has 51 heavy (non-hydrogen) atoms. The standard InChI is InChI=1S/C37H44ClF2N3O7S/c1-36(2,3)50-35(45)41-26-16-18-43(19-17-26)34(44)33(37(39,40)25-10-15-31(38)32(22-25)49-28-12-13-28)42-51(46,47)30-14-9-23-20-29(11-8-24(23)21-30)48-27-6-4-5-7-27/h8-11,14-15,20-22,26-28,33,42H,4-7,12-13,16-19H2,1-3H3,(H,41,45). The summed E-state index contributed by atoms with van der Waals surface area (Å²) < 4.78 is 80.2. The minimum Gasteiger partial charge on any atom is -0.490 e. The van der Waals surface area contributed by atoms with Crippen molar-refractivity contribution in [2.45, 2.75) is 113 Å². The number of nitrogens with zero attached hydrogens (tertiary/aromatic N) is 1.